The van der Waals surface area contributed by atoms with Crippen molar-refractivity contribution in [2.45, 2.75) is 70.7 Å². The molecule has 0 radical (unpaired) electrons. The number of hydrogen-bond acceptors (Lipinski definition) is 8. The summed E-state index contributed by atoms with van der Waals surface area (Å²) in [6, 6.07) is 5.45. The van der Waals surface area contributed by atoms with E-state index in [1.807, 2.05) is 27.0 Å². The number of aliphatic hydroxyl groups excluding tert-OH is 1. The highest BCUT2D eigenvalue weighted by atomic mass is 35.5. The van der Waals surface area contributed by atoms with Crippen LogP contribution in [0, 0.1) is 5.41 Å². The molecular formula is C25H30ClN7O4. The van der Waals surface area contributed by atoms with Gasteiger partial charge in [0.1, 0.15) is 12.1 Å². The predicted octanol–water partition coefficient (Wildman–Crippen LogP) is 2.72. The number of carbonyl (C=O) groups excluding carboxylic acids is 2. The Morgan fingerprint density at radius 3 is 2.59 bits per heavy atom. The summed E-state index contributed by atoms with van der Waals surface area (Å²) in [4.78, 5) is 28.4. The summed E-state index contributed by atoms with van der Waals surface area (Å²) < 4.78 is 7.26. The molecule has 2 aromatic heterocycles. The van der Waals surface area contributed by atoms with Gasteiger partial charge in [-0.2, -0.15) is 0 Å². The fraction of sp³-hybridized carbons (Fsp3) is 0.520. The molecule has 2 amide bonds. The van der Waals surface area contributed by atoms with E-state index >= 15 is 0 Å². The third-order valence-corrected chi connectivity index (χ3v) is 6.93. The second-order valence-electron chi connectivity index (χ2n) is 10.8. The standard InChI is InChI=1S/C25H30ClN7O4/c1-25(2,3)21(33-13-18(28-31-33)14-4-5-14)24(36)32-12-17(34)10-19(32)22(35)27-11-20-29-30-23(37-20)15-6-8-16(26)9-7-15/h6-9,13-14,17,19,21,34H,4-5,10-12H2,1-3H3,(H,27,35)/t17-,19+,21-/m1/s1. The summed E-state index contributed by atoms with van der Waals surface area (Å²) in [5, 5.41) is 30.3. The van der Waals surface area contributed by atoms with Crippen molar-refractivity contribution < 1.29 is 19.1 Å². The van der Waals surface area contributed by atoms with Crippen molar-refractivity contribution in [3.8, 4) is 11.5 Å². The monoisotopic (exact) mass is 527 g/mol. The smallest absolute Gasteiger partial charge is 0.248 e. The zero-order chi connectivity index (χ0) is 26.3. The number of nitrogens with one attached hydrogen (secondary N) is 1. The van der Waals surface area contributed by atoms with Crippen LogP contribution in [-0.2, 0) is 16.1 Å². The van der Waals surface area contributed by atoms with Crippen molar-refractivity contribution in [3.05, 3.63) is 47.1 Å². The van der Waals surface area contributed by atoms with Crippen LogP contribution in [0.1, 0.15) is 63.6 Å². The van der Waals surface area contributed by atoms with E-state index in [1.54, 1.807) is 28.9 Å². The van der Waals surface area contributed by atoms with Gasteiger partial charge in [0.05, 0.1) is 18.3 Å². The van der Waals surface area contributed by atoms with Crippen molar-refractivity contribution in [2.75, 3.05) is 6.54 Å². The van der Waals surface area contributed by atoms with Gasteiger partial charge in [-0.15, -0.1) is 15.3 Å². The van der Waals surface area contributed by atoms with E-state index in [0.717, 1.165) is 18.5 Å². The van der Waals surface area contributed by atoms with Crippen LogP contribution >= 0.6 is 11.6 Å². The number of aromatic nitrogens is 5. The van der Waals surface area contributed by atoms with Crippen LogP contribution in [0.3, 0.4) is 0 Å². The van der Waals surface area contributed by atoms with Crippen molar-refractivity contribution in [1.82, 2.24) is 35.4 Å². The van der Waals surface area contributed by atoms with Gasteiger partial charge in [0.2, 0.25) is 23.6 Å². The van der Waals surface area contributed by atoms with Crippen LogP contribution in [0.2, 0.25) is 5.02 Å². The van der Waals surface area contributed by atoms with E-state index in [-0.39, 0.29) is 31.3 Å². The third-order valence-electron chi connectivity index (χ3n) is 6.68. The Hall–Kier alpha value is -3.31. The molecule has 0 bridgehead atoms. The molecule has 2 aliphatic rings. The van der Waals surface area contributed by atoms with Gasteiger partial charge in [0, 0.05) is 35.7 Å². The summed E-state index contributed by atoms with van der Waals surface area (Å²) >= 11 is 5.92. The van der Waals surface area contributed by atoms with E-state index in [9.17, 15) is 14.7 Å². The first kappa shape index (κ1) is 25.3. The number of likely N-dealkylation sites (tertiary alicyclic amines) is 1. The Morgan fingerprint density at radius 2 is 1.92 bits per heavy atom. The molecule has 12 heteroatoms. The summed E-state index contributed by atoms with van der Waals surface area (Å²) in [5.41, 5.74) is 1.09. The Morgan fingerprint density at radius 1 is 1.19 bits per heavy atom. The van der Waals surface area contributed by atoms with Gasteiger partial charge in [-0.25, -0.2) is 4.68 Å². The number of β-amino-alcohol motifs (C(OH)–C–C–N with tert-alkyl or cyclic N) is 1. The van der Waals surface area contributed by atoms with Gasteiger partial charge < -0.3 is 19.7 Å². The second kappa shape index (κ2) is 9.86. The lowest BCUT2D eigenvalue weighted by Crippen LogP contribution is -2.50. The number of hydrogen-bond donors (Lipinski definition) is 2. The maximum atomic E-state index is 13.8. The summed E-state index contributed by atoms with van der Waals surface area (Å²) in [7, 11) is 0. The summed E-state index contributed by atoms with van der Waals surface area (Å²) in [5.74, 6) is 0.250. The lowest BCUT2D eigenvalue weighted by atomic mass is 9.85. The molecular weight excluding hydrogens is 498 g/mol. The van der Waals surface area contributed by atoms with E-state index in [2.05, 4.69) is 25.8 Å². The Balaban J connectivity index is 1.28. The van der Waals surface area contributed by atoms with Gasteiger partial charge in [-0.3, -0.25) is 9.59 Å². The number of carbonyl (C=O) groups is 2. The summed E-state index contributed by atoms with van der Waals surface area (Å²) in [6.07, 6.45) is 3.32. The van der Waals surface area contributed by atoms with Crippen molar-refractivity contribution >= 4 is 23.4 Å². The van der Waals surface area contributed by atoms with E-state index in [4.69, 9.17) is 16.0 Å². The normalized spacial score (nSPS) is 20.7. The fourth-order valence-corrected chi connectivity index (χ4v) is 4.77. The van der Waals surface area contributed by atoms with Gasteiger partial charge >= 0.3 is 0 Å². The van der Waals surface area contributed by atoms with Crippen molar-refractivity contribution in [2.24, 2.45) is 5.41 Å². The largest absolute Gasteiger partial charge is 0.419 e. The molecule has 196 valence electrons. The van der Waals surface area contributed by atoms with Crippen LogP contribution in [-0.4, -0.2) is 65.7 Å². The lowest BCUT2D eigenvalue weighted by molar-refractivity contribution is -0.144. The Bertz CT molecular complexity index is 1280. The van der Waals surface area contributed by atoms with Crippen LogP contribution in [0.4, 0.5) is 0 Å². The average molecular weight is 528 g/mol. The topological polar surface area (TPSA) is 139 Å². The van der Waals surface area contributed by atoms with Crippen LogP contribution in [0.15, 0.2) is 34.9 Å². The third kappa shape index (κ3) is 5.52. The quantitative estimate of drug-likeness (QED) is 0.478. The van der Waals surface area contributed by atoms with Gasteiger partial charge in [-0.1, -0.05) is 37.6 Å². The molecule has 1 saturated carbocycles. The van der Waals surface area contributed by atoms with E-state index in [1.165, 1.54) is 4.90 Å². The number of nitrogens with zero attached hydrogens (tertiary/aromatic N) is 6. The van der Waals surface area contributed by atoms with Gasteiger partial charge in [0.15, 0.2) is 0 Å². The van der Waals surface area contributed by atoms with Crippen molar-refractivity contribution in [3.63, 3.8) is 0 Å². The zero-order valence-electron chi connectivity index (χ0n) is 21.0. The number of halogens is 1. The van der Waals surface area contributed by atoms with Gasteiger partial charge in [-0.05, 0) is 42.5 Å². The fourth-order valence-electron chi connectivity index (χ4n) is 4.64. The van der Waals surface area contributed by atoms with Crippen LogP contribution < -0.4 is 5.32 Å². The molecule has 1 saturated heterocycles. The lowest BCUT2D eigenvalue weighted by Gasteiger charge is -2.34. The number of rotatable bonds is 7. The molecule has 1 aromatic carbocycles. The molecule has 0 spiro atoms. The second-order valence-corrected chi connectivity index (χ2v) is 11.2. The van der Waals surface area contributed by atoms with Crippen molar-refractivity contribution in [1.29, 1.82) is 0 Å². The molecule has 3 atom stereocenters. The molecule has 1 aliphatic heterocycles. The highest BCUT2D eigenvalue weighted by Crippen LogP contribution is 2.40. The molecule has 37 heavy (non-hydrogen) atoms. The first-order valence-electron chi connectivity index (χ1n) is 12.4. The molecule has 11 nitrogen and oxygen atoms in total. The molecule has 3 heterocycles. The number of aliphatic hydroxyl groups is 1. The predicted molar refractivity (Wildman–Crippen MR) is 133 cm³/mol. The van der Waals surface area contributed by atoms with Crippen LogP contribution in [0.5, 0.6) is 0 Å². The Kier molecular flexibility index (Phi) is 6.76. The number of benzene rings is 1. The molecule has 3 aromatic rings. The molecule has 2 N–H and O–H groups in total. The molecule has 2 fully saturated rings. The maximum absolute atomic E-state index is 13.8. The Labute approximate surface area is 219 Å². The molecule has 1 aliphatic carbocycles. The highest BCUT2D eigenvalue weighted by Gasteiger charge is 2.45. The first-order chi connectivity index (χ1) is 17.6. The maximum Gasteiger partial charge on any atom is 0.248 e. The molecule has 0 unspecified atom stereocenters. The minimum absolute atomic E-state index is 0.00935. The zero-order valence-corrected chi connectivity index (χ0v) is 21.7. The van der Waals surface area contributed by atoms with Gasteiger partial charge in [0.25, 0.3) is 0 Å². The SMILES string of the molecule is CC(C)(C)[C@@H](C(=O)N1C[C@H](O)C[C@H]1C(=O)NCc1nnc(-c2ccc(Cl)cc2)o1)n1cc(C2CC2)nn1. The minimum atomic E-state index is -0.836. The van der Waals surface area contributed by atoms with Crippen LogP contribution in [0.25, 0.3) is 11.5 Å². The van der Waals surface area contributed by atoms with E-state index < -0.39 is 29.5 Å². The minimum Gasteiger partial charge on any atom is -0.419 e. The average Bonchev–Trinajstić information content (AvgIpc) is 3.22. The highest BCUT2D eigenvalue weighted by molar-refractivity contribution is 6.30. The van der Waals surface area contributed by atoms with E-state index in [0.29, 0.717) is 22.4 Å². The first-order valence-corrected chi connectivity index (χ1v) is 12.7. The number of amides is 2. The molecule has 5 rings (SSSR count). The summed E-state index contributed by atoms with van der Waals surface area (Å²) in [6.45, 7) is 5.90.